The van der Waals surface area contributed by atoms with Gasteiger partial charge < -0.3 is 5.73 Å². The Kier molecular flexibility index (Phi) is 3.90. The second-order valence-corrected chi connectivity index (χ2v) is 8.12. The Bertz CT molecular complexity index is 561. The van der Waals surface area contributed by atoms with E-state index in [1.165, 1.54) is 0 Å². The Morgan fingerprint density at radius 2 is 2.16 bits per heavy atom. The highest BCUT2D eigenvalue weighted by Gasteiger charge is 2.31. The molecule has 1 aromatic rings. The second kappa shape index (κ2) is 5.15. The number of sulfone groups is 1. The van der Waals surface area contributed by atoms with E-state index in [1.54, 1.807) is 4.68 Å². The molecule has 1 saturated heterocycles. The van der Waals surface area contributed by atoms with E-state index in [0.717, 1.165) is 24.1 Å². The second-order valence-electron chi connectivity index (χ2n) is 5.89. The van der Waals surface area contributed by atoms with E-state index < -0.39 is 9.84 Å². The van der Waals surface area contributed by atoms with Gasteiger partial charge in [-0.1, -0.05) is 13.8 Å². The van der Waals surface area contributed by atoms with E-state index in [0.29, 0.717) is 18.2 Å². The molecule has 0 saturated carbocycles. The van der Waals surface area contributed by atoms with Gasteiger partial charge in [0, 0.05) is 5.56 Å². The van der Waals surface area contributed by atoms with Gasteiger partial charge in [-0.2, -0.15) is 5.10 Å². The minimum Gasteiger partial charge on any atom is -0.384 e. The Balaban J connectivity index is 2.21. The van der Waals surface area contributed by atoms with Crippen LogP contribution in [0.1, 0.15) is 44.0 Å². The van der Waals surface area contributed by atoms with Crippen molar-refractivity contribution >= 4 is 15.7 Å². The summed E-state index contributed by atoms with van der Waals surface area (Å²) in [5.74, 6) is 1.66. The number of nitrogens with two attached hydrogens (primary N) is 1. The molecule has 2 N–H and O–H groups in total. The molecule has 1 aromatic heterocycles. The lowest BCUT2D eigenvalue weighted by Gasteiger charge is -2.10. The number of nitrogens with zero attached hydrogens (tertiary/aromatic N) is 2. The van der Waals surface area contributed by atoms with E-state index in [4.69, 9.17) is 5.73 Å². The van der Waals surface area contributed by atoms with Crippen molar-refractivity contribution in [1.82, 2.24) is 9.78 Å². The molecule has 108 valence electrons. The topological polar surface area (TPSA) is 78.0 Å². The Hall–Kier alpha value is -1.04. The molecule has 1 aliphatic heterocycles. The van der Waals surface area contributed by atoms with Crippen LogP contribution in [0.15, 0.2) is 0 Å². The molecule has 5 nitrogen and oxygen atoms in total. The zero-order chi connectivity index (χ0) is 14.2. The smallest absolute Gasteiger partial charge is 0.152 e. The Morgan fingerprint density at radius 3 is 2.68 bits per heavy atom. The van der Waals surface area contributed by atoms with Gasteiger partial charge in [0.2, 0.25) is 0 Å². The van der Waals surface area contributed by atoms with Crippen LogP contribution in [0.2, 0.25) is 0 Å². The van der Waals surface area contributed by atoms with Crippen LogP contribution in [0.25, 0.3) is 0 Å². The average molecular weight is 285 g/mol. The van der Waals surface area contributed by atoms with Gasteiger partial charge >= 0.3 is 0 Å². The first kappa shape index (κ1) is 14.4. The zero-order valence-corrected chi connectivity index (χ0v) is 12.7. The molecular formula is C13H23N3O2S. The van der Waals surface area contributed by atoms with Crippen LogP contribution in [0.5, 0.6) is 0 Å². The summed E-state index contributed by atoms with van der Waals surface area (Å²) in [6.45, 7) is 6.33. The summed E-state index contributed by atoms with van der Waals surface area (Å²) in [6, 6.07) is -0.0866. The zero-order valence-electron chi connectivity index (χ0n) is 11.9. The first-order chi connectivity index (χ1) is 8.80. The summed E-state index contributed by atoms with van der Waals surface area (Å²) in [5, 5.41) is 4.56. The fourth-order valence-electron chi connectivity index (χ4n) is 2.49. The quantitative estimate of drug-likeness (QED) is 0.913. The number of aryl methyl sites for hydroxylation is 1. The number of aromatic nitrogens is 2. The van der Waals surface area contributed by atoms with Crippen LogP contribution in [0, 0.1) is 12.8 Å². The number of hydrogen-bond acceptors (Lipinski definition) is 4. The largest absolute Gasteiger partial charge is 0.384 e. The van der Waals surface area contributed by atoms with Crippen LogP contribution in [0.3, 0.4) is 0 Å². The lowest BCUT2D eigenvalue weighted by atomic mass is 10.0. The Morgan fingerprint density at radius 1 is 1.47 bits per heavy atom. The third kappa shape index (κ3) is 3.11. The monoisotopic (exact) mass is 285 g/mol. The van der Waals surface area contributed by atoms with Gasteiger partial charge in [-0.3, -0.25) is 0 Å². The van der Waals surface area contributed by atoms with Crippen molar-refractivity contribution in [2.24, 2.45) is 5.92 Å². The molecule has 0 amide bonds. The molecule has 1 aliphatic rings. The summed E-state index contributed by atoms with van der Waals surface area (Å²) >= 11 is 0. The molecule has 6 heteroatoms. The molecule has 0 radical (unpaired) electrons. The summed E-state index contributed by atoms with van der Waals surface area (Å²) in [4.78, 5) is 0. The van der Waals surface area contributed by atoms with E-state index in [-0.39, 0.29) is 17.5 Å². The van der Waals surface area contributed by atoms with E-state index in [2.05, 4.69) is 18.9 Å². The SMILES string of the molecule is Cc1c(CCC(C)C)nn(C2CCS(=O)(=O)C2)c1N. The van der Waals surface area contributed by atoms with Gasteiger partial charge in [0.1, 0.15) is 5.82 Å². The fourth-order valence-corrected chi connectivity index (χ4v) is 4.18. The molecule has 1 fully saturated rings. The van der Waals surface area contributed by atoms with E-state index >= 15 is 0 Å². The van der Waals surface area contributed by atoms with Gasteiger partial charge in [0.15, 0.2) is 9.84 Å². The average Bonchev–Trinajstić information content (AvgIpc) is 2.79. The molecule has 0 spiro atoms. The highest BCUT2D eigenvalue weighted by atomic mass is 32.2. The van der Waals surface area contributed by atoms with Crippen molar-refractivity contribution in [3.8, 4) is 0 Å². The molecular weight excluding hydrogens is 262 g/mol. The third-order valence-corrected chi connectivity index (χ3v) is 5.56. The van der Waals surface area contributed by atoms with Gasteiger partial charge in [0.25, 0.3) is 0 Å². The molecule has 0 aromatic carbocycles. The van der Waals surface area contributed by atoms with Crippen LogP contribution in [0.4, 0.5) is 5.82 Å². The van der Waals surface area contributed by atoms with Crippen LogP contribution >= 0.6 is 0 Å². The maximum atomic E-state index is 11.6. The number of rotatable bonds is 4. The standard InChI is InChI=1S/C13H23N3O2S/c1-9(2)4-5-12-10(3)13(14)16(15-12)11-6-7-19(17,18)8-11/h9,11H,4-8,14H2,1-3H3. The maximum absolute atomic E-state index is 11.6. The minimum absolute atomic E-state index is 0.0866. The predicted octanol–water partition coefficient (Wildman–Crippen LogP) is 1.72. The van der Waals surface area contributed by atoms with Crippen LogP contribution in [-0.4, -0.2) is 29.7 Å². The molecule has 0 bridgehead atoms. The van der Waals surface area contributed by atoms with Crippen molar-refractivity contribution < 1.29 is 8.42 Å². The lowest BCUT2D eigenvalue weighted by molar-refractivity contribution is 0.496. The summed E-state index contributed by atoms with van der Waals surface area (Å²) < 4.78 is 24.8. The number of anilines is 1. The van der Waals surface area contributed by atoms with Gasteiger partial charge in [-0.05, 0) is 32.1 Å². The Labute approximate surface area is 115 Å². The molecule has 2 rings (SSSR count). The first-order valence-electron chi connectivity index (χ1n) is 6.84. The maximum Gasteiger partial charge on any atom is 0.152 e. The van der Waals surface area contributed by atoms with Gasteiger partial charge in [-0.15, -0.1) is 0 Å². The number of hydrogen-bond donors (Lipinski definition) is 1. The highest BCUT2D eigenvalue weighted by Crippen LogP contribution is 2.28. The van der Waals surface area contributed by atoms with Crippen molar-refractivity contribution in [3.05, 3.63) is 11.3 Å². The van der Waals surface area contributed by atoms with Crippen molar-refractivity contribution in [2.75, 3.05) is 17.2 Å². The molecule has 1 unspecified atom stereocenters. The minimum atomic E-state index is -2.91. The normalized spacial score (nSPS) is 22.2. The molecule has 1 atom stereocenters. The fraction of sp³-hybridized carbons (Fsp3) is 0.769. The van der Waals surface area contributed by atoms with Gasteiger partial charge in [-0.25, -0.2) is 13.1 Å². The van der Waals surface area contributed by atoms with Crippen LogP contribution < -0.4 is 5.73 Å². The summed E-state index contributed by atoms with van der Waals surface area (Å²) in [7, 11) is -2.91. The molecule has 2 heterocycles. The third-order valence-electron chi connectivity index (χ3n) is 3.81. The summed E-state index contributed by atoms with van der Waals surface area (Å²) in [5.41, 5.74) is 8.10. The lowest BCUT2D eigenvalue weighted by Crippen LogP contribution is -2.15. The van der Waals surface area contributed by atoms with Crippen molar-refractivity contribution in [1.29, 1.82) is 0 Å². The molecule has 0 aliphatic carbocycles. The first-order valence-corrected chi connectivity index (χ1v) is 8.66. The number of nitrogen functional groups attached to an aromatic ring is 1. The van der Waals surface area contributed by atoms with E-state index in [1.807, 2.05) is 6.92 Å². The predicted molar refractivity (Wildman–Crippen MR) is 76.8 cm³/mol. The van der Waals surface area contributed by atoms with E-state index in [9.17, 15) is 8.42 Å². The van der Waals surface area contributed by atoms with Crippen LogP contribution in [-0.2, 0) is 16.3 Å². The molecule has 19 heavy (non-hydrogen) atoms. The van der Waals surface area contributed by atoms with Crippen molar-refractivity contribution in [3.63, 3.8) is 0 Å². The van der Waals surface area contributed by atoms with Crippen molar-refractivity contribution in [2.45, 2.75) is 46.1 Å². The summed E-state index contributed by atoms with van der Waals surface area (Å²) in [6.07, 6.45) is 2.59. The highest BCUT2D eigenvalue weighted by molar-refractivity contribution is 7.91. The van der Waals surface area contributed by atoms with Gasteiger partial charge in [0.05, 0.1) is 23.2 Å².